The highest BCUT2D eigenvalue weighted by Crippen LogP contribution is 2.46. The van der Waals surface area contributed by atoms with Crippen molar-refractivity contribution in [3.05, 3.63) is 0 Å². The predicted octanol–water partition coefficient (Wildman–Crippen LogP) is 3.49. The third-order valence-corrected chi connectivity index (χ3v) is 11.8. The van der Waals surface area contributed by atoms with Gasteiger partial charge in [0.2, 0.25) is 0 Å². The van der Waals surface area contributed by atoms with Gasteiger partial charge in [0, 0.05) is 18.1 Å². The summed E-state index contributed by atoms with van der Waals surface area (Å²) in [5.41, 5.74) is 0. The summed E-state index contributed by atoms with van der Waals surface area (Å²) in [7, 11) is 11.8. The lowest BCUT2D eigenvalue weighted by Gasteiger charge is -2.57. The van der Waals surface area contributed by atoms with Crippen molar-refractivity contribution in [1.82, 2.24) is 29.4 Å². The first-order chi connectivity index (χ1) is 18.4. The molecule has 0 bridgehead atoms. The molecule has 0 aliphatic carbocycles. The van der Waals surface area contributed by atoms with Crippen molar-refractivity contribution in [2.75, 3.05) is 101 Å². The smallest absolute Gasteiger partial charge is 0.0164 e. The Morgan fingerprint density at radius 2 is 0.658 bits per heavy atom. The predicted molar refractivity (Wildman–Crippen MR) is 161 cm³/mol. The van der Waals surface area contributed by atoms with Crippen molar-refractivity contribution in [3.8, 4) is 0 Å². The van der Waals surface area contributed by atoms with Gasteiger partial charge in [-0.25, -0.2) is 0 Å². The van der Waals surface area contributed by atoms with Crippen LogP contribution in [0.25, 0.3) is 0 Å². The Bertz CT molecular complexity index is 586. The van der Waals surface area contributed by atoms with Crippen molar-refractivity contribution in [2.45, 2.75) is 82.3 Å². The van der Waals surface area contributed by atoms with Gasteiger partial charge in [0.15, 0.2) is 0 Å². The molecule has 0 aromatic carbocycles. The molecule has 1 atom stereocenters. The summed E-state index contributed by atoms with van der Waals surface area (Å²) in [5, 5.41) is 0. The lowest BCUT2D eigenvalue weighted by molar-refractivity contribution is -0.0759. The molecule has 38 heavy (non-hydrogen) atoms. The van der Waals surface area contributed by atoms with Crippen LogP contribution in [0.3, 0.4) is 0 Å². The zero-order valence-electron chi connectivity index (χ0n) is 25.9. The average Bonchev–Trinajstić information content (AvgIpc) is 2.92. The average molecular weight is 531 g/mol. The normalized spacial score (nSPS) is 30.1. The van der Waals surface area contributed by atoms with Crippen LogP contribution in [-0.4, -0.2) is 148 Å². The fourth-order valence-corrected chi connectivity index (χ4v) is 9.27. The maximum absolute atomic E-state index is 3.32. The van der Waals surface area contributed by atoms with Crippen LogP contribution in [0.1, 0.15) is 64.2 Å². The summed E-state index contributed by atoms with van der Waals surface area (Å²) in [6, 6.07) is 2.39. The Kier molecular flexibility index (Phi) is 10.5. The van der Waals surface area contributed by atoms with Crippen LogP contribution < -0.4 is 0 Å². The summed E-state index contributed by atoms with van der Waals surface area (Å²) >= 11 is 0. The molecule has 0 saturated carbocycles. The van der Waals surface area contributed by atoms with Gasteiger partial charge in [0.05, 0.1) is 0 Å². The molecular formula is C32H62N6. The van der Waals surface area contributed by atoms with Crippen LogP contribution in [0.15, 0.2) is 0 Å². The summed E-state index contributed by atoms with van der Waals surface area (Å²) in [5.74, 6) is 3.62. The third kappa shape index (κ3) is 7.15. The molecular weight excluding hydrogens is 468 g/mol. The first kappa shape index (κ1) is 29.3. The Morgan fingerprint density at radius 3 is 0.974 bits per heavy atom. The lowest BCUT2D eigenvalue weighted by Crippen LogP contribution is -2.62. The minimum atomic E-state index is 0.796. The highest BCUT2D eigenvalue weighted by atomic mass is 15.3. The van der Waals surface area contributed by atoms with Gasteiger partial charge in [-0.3, -0.25) is 4.90 Å². The zero-order chi connectivity index (χ0) is 26.6. The number of likely N-dealkylation sites (tertiary alicyclic amines) is 5. The van der Waals surface area contributed by atoms with Crippen molar-refractivity contribution in [1.29, 1.82) is 0 Å². The standard InChI is InChI=1S/C32H62N6/c1-33-16-6-26(7-17-33)31(27-8-18-34(2)19-9-27)32(28-10-20-35(3)21-11-28)38(29-12-22-36(4)23-13-29)30-14-24-37(5)25-15-30/h26-32H,6-25H2,1-5H3. The monoisotopic (exact) mass is 531 g/mol. The Hall–Kier alpha value is -0.240. The maximum atomic E-state index is 3.32. The van der Waals surface area contributed by atoms with Crippen LogP contribution in [0.2, 0.25) is 0 Å². The molecule has 220 valence electrons. The van der Waals surface area contributed by atoms with Crippen LogP contribution in [-0.2, 0) is 0 Å². The molecule has 5 rings (SSSR count). The van der Waals surface area contributed by atoms with E-state index in [9.17, 15) is 0 Å². The van der Waals surface area contributed by atoms with Crippen LogP contribution in [0.5, 0.6) is 0 Å². The Balaban J connectivity index is 1.51. The largest absolute Gasteiger partial charge is 0.306 e. The van der Waals surface area contributed by atoms with Crippen molar-refractivity contribution >= 4 is 0 Å². The van der Waals surface area contributed by atoms with Crippen molar-refractivity contribution in [2.24, 2.45) is 23.7 Å². The molecule has 6 heteroatoms. The minimum absolute atomic E-state index is 0.796. The van der Waals surface area contributed by atoms with Gasteiger partial charge in [-0.15, -0.1) is 0 Å². The van der Waals surface area contributed by atoms with Crippen LogP contribution in [0.4, 0.5) is 0 Å². The quantitative estimate of drug-likeness (QED) is 0.498. The minimum Gasteiger partial charge on any atom is -0.306 e. The van der Waals surface area contributed by atoms with E-state index in [0.717, 1.165) is 41.8 Å². The molecule has 5 heterocycles. The topological polar surface area (TPSA) is 19.4 Å². The highest BCUT2D eigenvalue weighted by Gasteiger charge is 2.48. The fourth-order valence-electron chi connectivity index (χ4n) is 9.27. The second-order valence-electron chi connectivity index (χ2n) is 14.5. The van der Waals surface area contributed by atoms with Gasteiger partial charge in [-0.1, -0.05) is 0 Å². The number of hydrogen-bond acceptors (Lipinski definition) is 6. The van der Waals surface area contributed by atoms with Gasteiger partial charge in [-0.05, 0) is 189 Å². The molecule has 5 aliphatic heterocycles. The molecule has 6 nitrogen and oxygen atoms in total. The van der Waals surface area contributed by atoms with E-state index in [1.807, 2.05) is 0 Å². The van der Waals surface area contributed by atoms with E-state index in [2.05, 4.69) is 64.6 Å². The summed E-state index contributed by atoms with van der Waals surface area (Å²) in [6.45, 7) is 13.1. The molecule has 5 saturated heterocycles. The molecule has 0 radical (unpaired) electrons. The Labute approximate surface area is 236 Å². The van der Waals surface area contributed by atoms with E-state index < -0.39 is 0 Å². The molecule has 0 aromatic heterocycles. The van der Waals surface area contributed by atoms with E-state index in [1.54, 1.807) is 0 Å². The van der Waals surface area contributed by atoms with Crippen molar-refractivity contribution < 1.29 is 0 Å². The molecule has 5 aliphatic rings. The van der Waals surface area contributed by atoms with Crippen LogP contribution in [0, 0.1) is 23.7 Å². The Morgan fingerprint density at radius 1 is 0.395 bits per heavy atom. The zero-order valence-corrected chi connectivity index (χ0v) is 25.9. The second kappa shape index (κ2) is 13.6. The highest BCUT2D eigenvalue weighted by molar-refractivity contribution is 5.01. The fraction of sp³-hybridized carbons (Fsp3) is 1.00. The van der Waals surface area contributed by atoms with Gasteiger partial charge in [0.1, 0.15) is 0 Å². The van der Waals surface area contributed by atoms with Gasteiger partial charge in [-0.2, -0.15) is 0 Å². The summed E-state index contributed by atoms with van der Waals surface area (Å²) < 4.78 is 0. The number of nitrogens with zero attached hydrogens (tertiary/aromatic N) is 6. The van der Waals surface area contributed by atoms with E-state index in [-0.39, 0.29) is 0 Å². The summed E-state index contributed by atoms with van der Waals surface area (Å²) in [6.07, 6.45) is 14.1. The molecule has 0 amide bonds. The first-order valence-corrected chi connectivity index (χ1v) is 16.6. The van der Waals surface area contributed by atoms with Gasteiger partial charge < -0.3 is 24.5 Å². The first-order valence-electron chi connectivity index (χ1n) is 16.6. The van der Waals surface area contributed by atoms with E-state index in [0.29, 0.717) is 0 Å². The van der Waals surface area contributed by atoms with E-state index >= 15 is 0 Å². The molecule has 0 N–H and O–H groups in total. The second-order valence-corrected chi connectivity index (χ2v) is 14.5. The van der Waals surface area contributed by atoms with Gasteiger partial charge in [0.25, 0.3) is 0 Å². The molecule has 1 unspecified atom stereocenters. The third-order valence-electron chi connectivity index (χ3n) is 11.8. The van der Waals surface area contributed by atoms with Gasteiger partial charge >= 0.3 is 0 Å². The maximum Gasteiger partial charge on any atom is 0.0164 e. The molecule has 0 spiro atoms. The van der Waals surface area contributed by atoms with Crippen molar-refractivity contribution in [3.63, 3.8) is 0 Å². The molecule has 0 aromatic rings. The number of piperidine rings is 5. The number of rotatable bonds is 7. The van der Waals surface area contributed by atoms with Crippen LogP contribution >= 0.6 is 0 Å². The SMILES string of the molecule is CN1CCC(C(C2CCN(C)CC2)C(C2CCN(C)CC2)N(C2CCN(C)CC2)C2CCN(C)CC2)CC1. The lowest BCUT2D eigenvalue weighted by atomic mass is 9.64. The van der Waals surface area contributed by atoms with E-state index in [1.165, 1.54) is 130 Å². The number of hydrogen-bond donors (Lipinski definition) is 0. The van der Waals surface area contributed by atoms with E-state index in [4.69, 9.17) is 0 Å². The summed E-state index contributed by atoms with van der Waals surface area (Å²) in [4.78, 5) is 16.3. The molecule has 5 fully saturated rings.